The first-order valence-corrected chi connectivity index (χ1v) is 7.54. The van der Waals surface area contributed by atoms with Crippen molar-refractivity contribution in [2.45, 2.75) is 0 Å². The monoisotopic (exact) mass is 318 g/mol. The SMILES string of the molecule is O=C1NOC(=O)C12C=C(c1ccccc1)NC(c1ccccc1)=C2. The van der Waals surface area contributed by atoms with Gasteiger partial charge in [0.1, 0.15) is 0 Å². The average molecular weight is 318 g/mol. The Labute approximate surface area is 138 Å². The lowest BCUT2D eigenvalue weighted by Crippen LogP contribution is -2.36. The van der Waals surface area contributed by atoms with Crippen molar-refractivity contribution in [1.82, 2.24) is 10.8 Å². The first-order chi connectivity index (χ1) is 11.7. The van der Waals surface area contributed by atoms with Gasteiger partial charge in [0.2, 0.25) is 0 Å². The molecule has 2 aliphatic heterocycles. The zero-order valence-electron chi connectivity index (χ0n) is 12.7. The van der Waals surface area contributed by atoms with Crippen molar-refractivity contribution in [2.75, 3.05) is 0 Å². The van der Waals surface area contributed by atoms with Crippen molar-refractivity contribution in [3.63, 3.8) is 0 Å². The molecule has 2 aliphatic rings. The lowest BCUT2D eigenvalue weighted by atomic mass is 9.82. The third kappa shape index (κ3) is 2.18. The highest BCUT2D eigenvalue weighted by molar-refractivity contribution is 6.13. The van der Waals surface area contributed by atoms with Gasteiger partial charge in [0.05, 0.1) is 0 Å². The van der Waals surface area contributed by atoms with E-state index in [1.165, 1.54) is 0 Å². The Kier molecular flexibility index (Phi) is 3.20. The number of hydrogen-bond donors (Lipinski definition) is 2. The molecular weight excluding hydrogens is 304 g/mol. The normalized spacial score (nSPS) is 18.3. The summed E-state index contributed by atoms with van der Waals surface area (Å²) in [6, 6.07) is 19.1. The standard InChI is InChI=1S/C19H14N2O3/c22-17-19(18(23)24-21-17)11-15(13-7-3-1-4-8-13)20-16(12-19)14-9-5-2-6-10-14/h1-12,20H,(H,21,22). The summed E-state index contributed by atoms with van der Waals surface area (Å²) in [6.45, 7) is 0. The molecule has 0 radical (unpaired) electrons. The average Bonchev–Trinajstić information content (AvgIpc) is 2.91. The fraction of sp³-hybridized carbons (Fsp3) is 0.0526. The molecule has 0 saturated carbocycles. The van der Waals surface area contributed by atoms with Crippen LogP contribution in [0.25, 0.3) is 11.4 Å². The smallest absolute Gasteiger partial charge is 0.355 e. The Bertz CT molecular complexity index is 796. The van der Waals surface area contributed by atoms with E-state index in [9.17, 15) is 9.59 Å². The minimum absolute atomic E-state index is 0.490. The first kappa shape index (κ1) is 14.3. The maximum atomic E-state index is 12.3. The molecule has 2 aromatic carbocycles. The van der Waals surface area contributed by atoms with Gasteiger partial charge in [-0.3, -0.25) is 4.79 Å². The van der Waals surface area contributed by atoms with E-state index in [2.05, 4.69) is 10.8 Å². The van der Waals surface area contributed by atoms with Gasteiger partial charge < -0.3 is 10.2 Å². The van der Waals surface area contributed by atoms with Crippen LogP contribution in [0.1, 0.15) is 11.1 Å². The van der Waals surface area contributed by atoms with Gasteiger partial charge in [0.25, 0.3) is 5.91 Å². The molecule has 0 atom stereocenters. The molecule has 1 amide bonds. The quantitative estimate of drug-likeness (QED) is 0.834. The summed E-state index contributed by atoms with van der Waals surface area (Å²) in [6.07, 6.45) is 3.22. The molecule has 4 rings (SSSR count). The molecular formula is C19H14N2O3. The Hall–Kier alpha value is -3.34. The number of dihydropyridines is 1. The number of nitrogens with one attached hydrogen (secondary N) is 2. The van der Waals surface area contributed by atoms with Crippen LogP contribution in [0.3, 0.4) is 0 Å². The number of carbonyl (C=O) groups is 2. The van der Waals surface area contributed by atoms with Crippen LogP contribution < -0.4 is 10.8 Å². The second-order valence-electron chi connectivity index (χ2n) is 5.66. The van der Waals surface area contributed by atoms with Gasteiger partial charge in [-0.25, -0.2) is 4.79 Å². The van der Waals surface area contributed by atoms with Crippen LogP contribution in [0.2, 0.25) is 0 Å². The van der Waals surface area contributed by atoms with Crippen LogP contribution >= 0.6 is 0 Å². The molecule has 0 unspecified atom stereocenters. The zero-order valence-corrected chi connectivity index (χ0v) is 12.7. The number of hydroxylamine groups is 1. The number of carbonyl (C=O) groups excluding carboxylic acids is 2. The first-order valence-electron chi connectivity index (χ1n) is 7.54. The highest BCUT2D eigenvalue weighted by Crippen LogP contribution is 2.37. The topological polar surface area (TPSA) is 67.4 Å². The number of hydrogen-bond acceptors (Lipinski definition) is 4. The molecule has 2 heterocycles. The highest BCUT2D eigenvalue weighted by Gasteiger charge is 2.52. The number of benzene rings is 2. The maximum absolute atomic E-state index is 12.3. The Balaban J connectivity index is 1.88. The zero-order chi connectivity index (χ0) is 16.6. The van der Waals surface area contributed by atoms with E-state index in [0.29, 0.717) is 11.4 Å². The molecule has 0 aromatic heterocycles. The van der Waals surface area contributed by atoms with Gasteiger partial charge in [0.15, 0.2) is 5.41 Å². The van der Waals surface area contributed by atoms with Gasteiger partial charge in [-0.15, -0.1) is 0 Å². The molecule has 1 spiro atoms. The minimum atomic E-state index is -1.46. The van der Waals surface area contributed by atoms with Gasteiger partial charge in [-0.2, -0.15) is 5.48 Å². The number of amides is 1. The van der Waals surface area contributed by atoms with E-state index in [1.807, 2.05) is 60.7 Å². The largest absolute Gasteiger partial charge is 0.355 e. The third-order valence-corrected chi connectivity index (χ3v) is 4.13. The summed E-state index contributed by atoms with van der Waals surface area (Å²) < 4.78 is 0. The van der Waals surface area contributed by atoms with E-state index in [1.54, 1.807) is 12.2 Å². The minimum Gasteiger partial charge on any atom is -0.355 e. The summed E-state index contributed by atoms with van der Waals surface area (Å²) in [5.41, 5.74) is 3.84. The van der Waals surface area contributed by atoms with Crippen molar-refractivity contribution >= 4 is 23.3 Å². The van der Waals surface area contributed by atoms with Gasteiger partial charge in [-0.1, -0.05) is 60.7 Å². The predicted octanol–water partition coefficient (Wildman–Crippen LogP) is 2.25. The van der Waals surface area contributed by atoms with Crippen molar-refractivity contribution in [3.05, 3.63) is 83.9 Å². The van der Waals surface area contributed by atoms with E-state index >= 15 is 0 Å². The van der Waals surface area contributed by atoms with E-state index < -0.39 is 17.3 Å². The lowest BCUT2D eigenvalue weighted by Gasteiger charge is -2.26. The molecule has 2 aromatic rings. The summed E-state index contributed by atoms with van der Waals surface area (Å²) >= 11 is 0. The van der Waals surface area contributed by atoms with Crippen LogP contribution in [0, 0.1) is 5.41 Å². The third-order valence-electron chi connectivity index (χ3n) is 4.13. The molecule has 0 aliphatic carbocycles. The van der Waals surface area contributed by atoms with E-state index in [0.717, 1.165) is 11.1 Å². The Morgan fingerprint density at radius 2 is 1.25 bits per heavy atom. The molecule has 2 N–H and O–H groups in total. The molecule has 5 heteroatoms. The molecule has 1 saturated heterocycles. The fourth-order valence-electron chi connectivity index (χ4n) is 2.86. The van der Waals surface area contributed by atoms with Gasteiger partial charge in [0, 0.05) is 11.4 Å². The van der Waals surface area contributed by atoms with Crippen LogP contribution in [-0.4, -0.2) is 11.9 Å². The van der Waals surface area contributed by atoms with E-state index in [4.69, 9.17) is 4.84 Å². The predicted molar refractivity (Wildman–Crippen MR) is 88.6 cm³/mol. The summed E-state index contributed by atoms with van der Waals surface area (Å²) in [7, 11) is 0. The summed E-state index contributed by atoms with van der Waals surface area (Å²) in [5.74, 6) is -1.12. The van der Waals surface area contributed by atoms with Gasteiger partial charge in [-0.05, 0) is 23.3 Å². The molecule has 5 nitrogen and oxygen atoms in total. The fourth-order valence-corrected chi connectivity index (χ4v) is 2.86. The highest BCUT2D eigenvalue weighted by atomic mass is 16.7. The maximum Gasteiger partial charge on any atom is 0.355 e. The van der Waals surface area contributed by atoms with Crippen molar-refractivity contribution < 1.29 is 14.4 Å². The Morgan fingerprint density at radius 3 is 1.67 bits per heavy atom. The van der Waals surface area contributed by atoms with Crippen molar-refractivity contribution in [3.8, 4) is 0 Å². The van der Waals surface area contributed by atoms with Crippen LogP contribution in [-0.2, 0) is 14.4 Å². The second-order valence-corrected chi connectivity index (χ2v) is 5.66. The van der Waals surface area contributed by atoms with Crippen molar-refractivity contribution in [1.29, 1.82) is 0 Å². The lowest BCUT2D eigenvalue weighted by molar-refractivity contribution is -0.147. The van der Waals surface area contributed by atoms with Crippen LogP contribution in [0.5, 0.6) is 0 Å². The van der Waals surface area contributed by atoms with E-state index in [-0.39, 0.29) is 0 Å². The molecule has 24 heavy (non-hydrogen) atoms. The summed E-state index contributed by atoms with van der Waals surface area (Å²) in [4.78, 5) is 29.4. The van der Waals surface area contributed by atoms with Crippen molar-refractivity contribution in [2.24, 2.45) is 5.41 Å². The molecule has 1 fully saturated rings. The number of rotatable bonds is 2. The molecule has 0 bridgehead atoms. The van der Waals surface area contributed by atoms with Crippen LogP contribution in [0.4, 0.5) is 0 Å². The van der Waals surface area contributed by atoms with Gasteiger partial charge >= 0.3 is 5.97 Å². The summed E-state index contributed by atoms with van der Waals surface area (Å²) in [5, 5.41) is 3.31. The van der Waals surface area contributed by atoms with Crippen LogP contribution in [0.15, 0.2) is 72.8 Å². The Morgan fingerprint density at radius 1 is 0.750 bits per heavy atom. The molecule has 118 valence electrons. The second kappa shape index (κ2) is 5.38.